The molecule has 1 saturated heterocycles. The number of carbonyl (C=O) groups excluding carboxylic acids is 3. The molecule has 0 aliphatic carbocycles. The Balaban J connectivity index is 0.00000306. The summed E-state index contributed by atoms with van der Waals surface area (Å²) >= 11 is 3.62. The molecule has 0 radical (unpaired) electrons. The van der Waals surface area contributed by atoms with Gasteiger partial charge >= 0.3 is 29.6 Å². The predicted octanol–water partition coefficient (Wildman–Crippen LogP) is -2.86. The summed E-state index contributed by atoms with van der Waals surface area (Å²) in [7, 11) is 0. The maximum Gasteiger partial charge on any atom is 1.00 e. The fourth-order valence-corrected chi connectivity index (χ4v) is 5.84. The Bertz CT molecular complexity index is 1210. The van der Waals surface area contributed by atoms with Crippen LogP contribution in [0.25, 0.3) is 6.08 Å². The fraction of sp³-hybridized carbons (Fsp3) is 0.222. The molecular formula is C18H15N6NaO5S3. The maximum atomic E-state index is 12.8. The Hall–Kier alpha value is -2.23. The second kappa shape index (κ2) is 10.4. The largest absolute Gasteiger partial charge is 1.00 e. The predicted molar refractivity (Wildman–Crippen MR) is 118 cm³/mol. The molecule has 1 fully saturated rings. The number of oxime groups is 1. The zero-order valence-corrected chi connectivity index (χ0v) is 21.8. The van der Waals surface area contributed by atoms with E-state index in [-0.39, 0.29) is 69.7 Å². The van der Waals surface area contributed by atoms with Gasteiger partial charge in [0.2, 0.25) is 5.91 Å². The first-order valence-electron chi connectivity index (χ1n) is 9.05. The minimum atomic E-state index is -1.54. The smallest absolute Gasteiger partial charge is 0.543 e. The van der Waals surface area contributed by atoms with E-state index >= 15 is 0 Å². The number of thiazole rings is 2. The molecule has 4 rings (SSSR count). The number of hydrogen-bond donors (Lipinski definition) is 3. The fourth-order valence-electron chi connectivity index (χ4n) is 3.19. The van der Waals surface area contributed by atoms with E-state index in [0.29, 0.717) is 0 Å². The molecule has 33 heavy (non-hydrogen) atoms. The van der Waals surface area contributed by atoms with Gasteiger partial charge in [-0.2, -0.15) is 0 Å². The average molecular weight is 515 g/mol. The Morgan fingerprint density at radius 3 is 2.70 bits per heavy atom. The number of thioether (sulfide) groups is 1. The number of carbonyl (C=O) groups is 3. The quantitative estimate of drug-likeness (QED) is 0.120. The van der Waals surface area contributed by atoms with Gasteiger partial charge in [0.25, 0.3) is 5.91 Å². The van der Waals surface area contributed by atoms with Crippen LogP contribution in [0.2, 0.25) is 0 Å². The standard InChI is InChI=1S/C18H16N6O5S3.Na/c1-7-10(31-6-20-7)3-2-8-14(17(27)28)24-11(25)4-12(24)32-16(8)22-15(26)13(23-29)9-5-30-18(19)21-9;/h2-3,5-6,12,16,29H,4H2,1H3,(H2,19,21)(H,22,26)(H,27,28);/q;+1/p-1/t12-,16?;/m0./s1. The van der Waals surface area contributed by atoms with Gasteiger partial charge in [-0.25, -0.2) is 9.97 Å². The molecule has 0 aromatic carbocycles. The maximum absolute atomic E-state index is 12.8. The normalized spacial score (nSPS) is 20.3. The number of amides is 2. The van der Waals surface area contributed by atoms with Crippen molar-refractivity contribution < 1.29 is 54.3 Å². The number of aromatic nitrogens is 2. The Morgan fingerprint density at radius 2 is 2.15 bits per heavy atom. The van der Waals surface area contributed by atoms with E-state index in [4.69, 9.17) is 5.73 Å². The second-order valence-electron chi connectivity index (χ2n) is 6.66. The minimum Gasteiger partial charge on any atom is -0.543 e. The van der Waals surface area contributed by atoms with Crippen molar-refractivity contribution in [1.29, 1.82) is 0 Å². The van der Waals surface area contributed by atoms with Crippen molar-refractivity contribution in [3.05, 3.63) is 44.5 Å². The van der Waals surface area contributed by atoms with Crippen LogP contribution in [-0.2, 0) is 14.4 Å². The number of carboxylic acids is 1. The summed E-state index contributed by atoms with van der Waals surface area (Å²) in [5, 5.41) is 27.3. The van der Waals surface area contributed by atoms with Crippen molar-refractivity contribution in [3.8, 4) is 0 Å². The molecule has 2 aromatic rings. The van der Waals surface area contributed by atoms with Crippen LogP contribution in [0.15, 0.2) is 33.4 Å². The molecule has 4 heterocycles. The first kappa shape index (κ1) is 25.4. The van der Waals surface area contributed by atoms with Gasteiger partial charge in [-0.05, 0) is 13.0 Å². The molecule has 4 N–H and O–H groups in total. The number of nitrogen functional groups attached to an aromatic ring is 1. The minimum absolute atomic E-state index is 0. The van der Waals surface area contributed by atoms with E-state index in [1.807, 2.05) is 0 Å². The molecule has 0 saturated carbocycles. The van der Waals surface area contributed by atoms with Crippen molar-refractivity contribution >= 4 is 69.1 Å². The third-order valence-electron chi connectivity index (χ3n) is 4.73. The van der Waals surface area contributed by atoms with Gasteiger partial charge in [0.05, 0.1) is 34.7 Å². The number of hydrogen-bond acceptors (Lipinski definition) is 12. The summed E-state index contributed by atoms with van der Waals surface area (Å²) in [4.78, 5) is 46.9. The van der Waals surface area contributed by atoms with E-state index in [1.165, 1.54) is 34.6 Å². The summed E-state index contributed by atoms with van der Waals surface area (Å²) < 4.78 is 0. The number of rotatable bonds is 6. The molecule has 2 aromatic heterocycles. The van der Waals surface area contributed by atoms with Gasteiger partial charge in [-0.1, -0.05) is 11.2 Å². The monoisotopic (exact) mass is 514 g/mol. The van der Waals surface area contributed by atoms with Crippen molar-refractivity contribution in [3.63, 3.8) is 0 Å². The first-order valence-corrected chi connectivity index (χ1v) is 11.8. The van der Waals surface area contributed by atoms with Crippen LogP contribution in [0.3, 0.4) is 0 Å². The SMILES string of the molecule is Cc1ncsc1C=CC1=C(C(=O)[O-])N2C(=O)C[C@@H]2SC1NC(=O)C(=NO)c1csc(N)n1.[Na+]. The van der Waals surface area contributed by atoms with Gasteiger partial charge in [0, 0.05) is 15.8 Å². The number of fused-ring (bicyclic) bond motifs is 1. The second-order valence-corrected chi connectivity index (χ2v) is 9.72. The molecule has 11 nitrogen and oxygen atoms in total. The van der Waals surface area contributed by atoms with Crippen molar-refractivity contribution in [1.82, 2.24) is 20.2 Å². The molecule has 1 unspecified atom stereocenters. The molecule has 2 aliphatic heterocycles. The van der Waals surface area contributed by atoms with Crippen LogP contribution in [0.5, 0.6) is 0 Å². The van der Waals surface area contributed by atoms with Crippen LogP contribution >= 0.6 is 34.4 Å². The number of nitrogens with zero attached hydrogens (tertiary/aromatic N) is 4. The van der Waals surface area contributed by atoms with Crippen LogP contribution in [0, 0.1) is 6.92 Å². The van der Waals surface area contributed by atoms with Gasteiger partial charge in [-0.15, -0.1) is 34.4 Å². The first-order chi connectivity index (χ1) is 15.3. The topological polar surface area (TPSA) is 174 Å². The summed E-state index contributed by atoms with van der Waals surface area (Å²) in [5.41, 5.74) is 7.54. The van der Waals surface area contributed by atoms with E-state index in [1.54, 1.807) is 18.5 Å². The van der Waals surface area contributed by atoms with Gasteiger partial charge in [-0.3, -0.25) is 14.5 Å². The van der Waals surface area contributed by atoms with E-state index in [9.17, 15) is 24.7 Å². The average Bonchev–Trinajstić information content (AvgIpc) is 3.34. The van der Waals surface area contributed by atoms with Crippen LogP contribution < -0.4 is 45.7 Å². The number of carboxylic acid groups (broad SMARTS) is 1. The molecular weight excluding hydrogens is 499 g/mol. The van der Waals surface area contributed by atoms with Gasteiger partial charge in [0.15, 0.2) is 10.8 Å². The summed E-state index contributed by atoms with van der Waals surface area (Å²) in [6, 6.07) is 0. The summed E-state index contributed by atoms with van der Waals surface area (Å²) in [6.07, 6.45) is 3.31. The number of nitrogens with two attached hydrogens (primary N) is 1. The zero-order valence-electron chi connectivity index (χ0n) is 17.3. The van der Waals surface area contributed by atoms with Gasteiger partial charge in [0.1, 0.15) is 11.1 Å². The van der Waals surface area contributed by atoms with Crippen molar-refractivity contribution in [2.45, 2.75) is 24.1 Å². The zero-order chi connectivity index (χ0) is 23.0. The Kier molecular flexibility index (Phi) is 7.97. The third-order valence-corrected chi connectivity index (χ3v) is 7.63. The summed E-state index contributed by atoms with van der Waals surface area (Å²) in [6.45, 7) is 1.80. The van der Waals surface area contributed by atoms with E-state index in [0.717, 1.165) is 26.8 Å². The van der Waals surface area contributed by atoms with E-state index in [2.05, 4.69) is 20.4 Å². The molecule has 0 spiro atoms. The molecule has 2 amide bonds. The Labute approximate surface area is 221 Å². The van der Waals surface area contributed by atoms with Crippen LogP contribution in [-0.4, -0.2) is 54.3 Å². The molecule has 0 bridgehead atoms. The van der Waals surface area contributed by atoms with Gasteiger partial charge < -0.3 is 26.2 Å². The number of aryl methyl sites for hydroxylation is 1. The Morgan fingerprint density at radius 1 is 1.39 bits per heavy atom. The molecule has 15 heteroatoms. The molecule has 2 aliphatic rings. The molecule has 166 valence electrons. The number of anilines is 1. The third kappa shape index (κ3) is 5.00. The summed E-state index contributed by atoms with van der Waals surface area (Å²) in [5.74, 6) is -2.67. The number of nitrogens with one attached hydrogen (secondary N) is 1. The van der Waals surface area contributed by atoms with Crippen LogP contribution in [0.4, 0.5) is 5.13 Å². The van der Waals surface area contributed by atoms with Crippen LogP contribution in [0.1, 0.15) is 22.7 Å². The van der Waals surface area contributed by atoms with Crippen molar-refractivity contribution in [2.75, 3.05) is 5.73 Å². The van der Waals surface area contributed by atoms with E-state index < -0.39 is 22.6 Å². The van der Waals surface area contributed by atoms with Crippen molar-refractivity contribution in [2.24, 2.45) is 5.16 Å². The number of β-lactam (4-membered cyclic amide) rings is 1. The number of aliphatic carboxylic acids is 1. The molecule has 2 atom stereocenters.